The van der Waals surface area contributed by atoms with Crippen LogP contribution in [0.15, 0.2) is 29.8 Å². The molecule has 0 amide bonds. The Labute approximate surface area is 105 Å². The second-order valence-electron chi connectivity index (χ2n) is 4.82. The van der Waals surface area contributed by atoms with Crippen LogP contribution in [0.2, 0.25) is 0 Å². The fraction of sp³-hybridized carbons (Fsp3) is 0.500. The van der Waals surface area contributed by atoms with Crippen molar-refractivity contribution >= 4 is 6.08 Å². The van der Waals surface area contributed by atoms with Crippen LogP contribution in [0.3, 0.4) is 0 Å². The Morgan fingerprint density at radius 1 is 1.06 bits per heavy atom. The van der Waals surface area contributed by atoms with Crippen LogP contribution in [0, 0.1) is 0 Å². The topological polar surface area (TPSA) is 3.24 Å². The summed E-state index contributed by atoms with van der Waals surface area (Å²) in [6.45, 7) is 7.93. The first-order valence-electron chi connectivity index (χ1n) is 6.83. The second-order valence-corrected chi connectivity index (χ2v) is 4.82. The maximum absolute atomic E-state index is 2.50. The average molecular weight is 229 g/mol. The number of fused-ring (bicyclic) bond motifs is 1. The lowest BCUT2D eigenvalue weighted by Gasteiger charge is -2.19. The molecule has 0 heterocycles. The summed E-state index contributed by atoms with van der Waals surface area (Å²) in [6, 6.07) is 8.83. The van der Waals surface area contributed by atoms with Gasteiger partial charge >= 0.3 is 0 Å². The number of likely N-dealkylation sites (N-methyl/N-ethyl adjacent to an activating group) is 1. The normalized spacial score (nSPS) is 15.4. The Hall–Kier alpha value is -1.08. The first-order chi connectivity index (χ1) is 8.33. The van der Waals surface area contributed by atoms with Crippen molar-refractivity contribution < 1.29 is 0 Å². The molecule has 1 aromatic rings. The zero-order valence-corrected chi connectivity index (χ0v) is 11.1. The molecule has 1 heteroatoms. The summed E-state index contributed by atoms with van der Waals surface area (Å²) in [7, 11) is 0. The highest BCUT2D eigenvalue weighted by Crippen LogP contribution is 2.23. The van der Waals surface area contributed by atoms with Crippen molar-refractivity contribution in [2.24, 2.45) is 0 Å². The molecular formula is C16H23N. The van der Waals surface area contributed by atoms with Crippen LogP contribution in [0.25, 0.3) is 6.08 Å². The molecule has 0 saturated heterocycles. The fourth-order valence-corrected chi connectivity index (χ4v) is 2.56. The number of aryl methyl sites for hydroxylation is 1. The molecule has 92 valence electrons. The van der Waals surface area contributed by atoms with Crippen LogP contribution in [-0.4, -0.2) is 24.5 Å². The lowest BCUT2D eigenvalue weighted by atomic mass is 10.1. The van der Waals surface area contributed by atoms with Crippen LogP contribution in [0.5, 0.6) is 0 Å². The molecule has 1 aromatic carbocycles. The summed E-state index contributed by atoms with van der Waals surface area (Å²) in [5.41, 5.74) is 4.55. The quantitative estimate of drug-likeness (QED) is 0.760. The van der Waals surface area contributed by atoms with Gasteiger partial charge in [0.15, 0.2) is 0 Å². The third-order valence-electron chi connectivity index (χ3n) is 3.68. The van der Waals surface area contributed by atoms with Crippen molar-refractivity contribution in [2.75, 3.05) is 19.6 Å². The summed E-state index contributed by atoms with van der Waals surface area (Å²) >= 11 is 0. The van der Waals surface area contributed by atoms with Gasteiger partial charge in [-0.25, -0.2) is 0 Å². The maximum atomic E-state index is 2.50. The largest absolute Gasteiger partial charge is 0.300 e. The van der Waals surface area contributed by atoms with Gasteiger partial charge in [0, 0.05) is 6.54 Å². The van der Waals surface area contributed by atoms with Crippen molar-refractivity contribution in [3.05, 3.63) is 41.0 Å². The molecule has 0 atom stereocenters. The van der Waals surface area contributed by atoms with Gasteiger partial charge in [0.1, 0.15) is 0 Å². The summed E-state index contributed by atoms with van der Waals surface area (Å²) in [6.07, 6.45) is 6.20. The molecule has 0 N–H and O–H groups in total. The highest BCUT2D eigenvalue weighted by atomic mass is 15.1. The minimum absolute atomic E-state index is 1.14. The summed E-state index contributed by atoms with van der Waals surface area (Å²) in [5.74, 6) is 0. The molecule has 2 rings (SSSR count). The predicted octanol–water partition coefficient (Wildman–Crippen LogP) is 3.75. The molecule has 0 fully saturated rings. The van der Waals surface area contributed by atoms with Crippen LogP contribution in [-0.2, 0) is 6.42 Å². The van der Waals surface area contributed by atoms with E-state index in [9.17, 15) is 0 Å². The van der Waals surface area contributed by atoms with Crippen molar-refractivity contribution in [3.8, 4) is 0 Å². The molecule has 17 heavy (non-hydrogen) atoms. The van der Waals surface area contributed by atoms with Crippen LogP contribution >= 0.6 is 0 Å². The standard InChI is InChI=1S/C16H23N/c1-3-17(4-2)13-14-8-7-11-15-9-5-6-10-16(15)12-14/h5-6,9-10,12H,3-4,7-8,11,13H2,1-2H3. The zero-order valence-electron chi connectivity index (χ0n) is 11.1. The maximum Gasteiger partial charge on any atom is 0.0195 e. The van der Waals surface area contributed by atoms with Gasteiger partial charge in [-0.15, -0.1) is 0 Å². The highest BCUT2D eigenvalue weighted by Gasteiger charge is 2.10. The number of hydrogen-bond donors (Lipinski definition) is 0. The fourth-order valence-electron chi connectivity index (χ4n) is 2.56. The van der Waals surface area contributed by atoms with Gasteiger partial charge in [-0.2, -0.15) is 0 Å². The number of benzene rings is 1. The first-order valence-corrected chi connectivity index (χ1v) is 6.83. The van der Waals surface area contributed by atoms with Gasteiger partial charge in [0.05, 0.1) is 0 Å². The van der Waals surface area contributed by atoms with E-state index in [1.165, 1.54) is 30.4 Å². The van der Waals surface area contributed by atoms with Gasteiger partial charge in [0.2, 0.25) is 0 Å². The molecule has 0 unspecified atom stereocenters. The third kappa shape index (κ3) is 3.19. The Morgan fingerprint density at radius 2 is 1.82 bits per heavy atom. The number of nitrogens with zero attached hydrogens (tertiary/aromatic N) is 1. The second kappa shape index (κ2) is 6.02. The Balaban J connectivity index is 2.16. The average Bonchev–Trinajstić information content (AvgIpc) is 2.57. The van der Waals surface area contributed by atoms with E-state index in [1.807, 2.05) is 0 Å². The van der Waals surface area contributed by atoms with Gasteiger partial charge in [0.25, 0.3) is 0 Å². The Bertz CT molecular complexity index is 388. The van der Waals surface area contributed by atoms with E-state index in [1.54, 1.807) is 5.57 Å². The van der Waals surface area contributed by atoms with Gasteiger partial charge in [-0.3, -0.25) is 4.90 Å². The molecule has 1 aliphatic carbocycles. The SMILES string of the molecule is CCN(CC)CC1=Cc2ccccc2CCC1. The van der Waals surface area contributed by atoms with Crippen molar-refractivity contribution in [2.45, 2.75) is 33.1 Å². The van der Waals surface area contributed by atoms with E-state index in [2.05, 4.69) is 49.1 Å². The molecule has 1 aliphatic rings. The summed E-state index contributed by atoms with van der Waals surface area (Å²) < 4.78 is 0. The first kappa shape index (κ1) is 12.4. The molecule has 1 nitrogen and oxygen atoms in total. The zero-order chi connectivity index (χ0) is 12.1. The Kier molecular flexibility index (Phi) is 4.38. The molecule has 0 spiro atoms. The molecule has 0 bridgehead atoms. The third-order valence-corrected chi connectivity index (χ3v) is 3.68. The predicted molar refractivity (Wildman–Crippen MR) is 75.1 cm³/mol. The van der Waals surface area contributed by atoms with Crippen molar-refractivity contribution in [1.82, 2.24) is 4.90 Å². The van der Waals surface area contributed by atoms with E-state index in [0.717, 1.165) is 19.6 Å². The van der Waals surface area contributed by atoms with Gasteiger partial charge in [-0.1, -0.05) is 49.8 Å². The van der Waals surface area contributed by atoms with Crippen molar-refractivity contribution in [1.29, 1.82) is 0 Å². The molecule has 0 saturated carbocycles. The minimum atomic E-state index is 1.14. The molecule has 0 radical (unpaired) electrons. The smallest absolute Gasteiger partial charge is 0.0195 e. The van der Waals surface area contributed by atoms with E-state index < -0.39 is 0 Å². The van der Waals surface area contributed by atoms with E-state index >= 15 is 0 Å². The van der Waals surface area contributed by atoms with E-state index in [0.29, 0.717) is 0 Å². The van der Waals surface area contributed by atoms with Gasteiger partial charge < -0.3 is 0 Å². The number of hydrogen-bond acceptors (Lipinski definition) is 1. The highest BCUT2D eigenvalue weighted by molar-refractivity contribution is 5.58. The lowest BCUT2D eigenvalue weighted by Crippen LogP contribution is -2.25. The number of rotatable bonds is 4. The van der Waals surface area contributed by atoms with Gasteiger partial charge in [-0.05, 0) is 43.5 Å². The lowest BCUT2D eigenvalue weighted by molar-refractivity contribution is 0.327. The molecular weight excluding hydrogens is 206 g/mol. The monoisotopic (exact) mass is 229 g/mol. The summed E-state index contributed by atoms with van der Waals surface area (Å²) in [5, 5.41) is 0. The van der Waals surface area contributed by atoms with Crippen LogP contribution in [0.1, 0.15) is 37.8 Å². The Morgan fingerprint density at radius 3 is 2.59 bits per heavy atom. The van der Waals surface area contributed by atoms with Crippen molar-refractivity contribution in [3.63, 3.8) is 0 Å². The van der Waals surface area contributed by atoms with E-state index in [4.69, 9.17) is 0 Å². The minimum Gasteiger partial charge on any atom is -0.300 e. The van der Waals surface area contributed by atoms with Crippen LogP contribution < -0.4 is 0 Å². The molecule has 0 aromatic heterocycles. The molecule has 0 aliphatic heterocycles. The van der Waals surface area contributed by atoms with E-state index in [-0.39, 0.29) is 0 Å². The summed E-state index contributed by atoms with van der Waals surface area (Å²) in [4.78, 5) is 2.50. The van der Waals surface area contributed by atoms with Crippen LogP contribution in [0.4, 0.5) is 0 Å².